The fourth-order valence-corrected chi connectivity index (χ4v) is 2.34. The fourth-order valence-electron chi connectivity index (χ4n) is 2.34. The molecule has 1 aliphatic rings. The quantitative estimate of drug-likeness (QED) is 0.667. The minimum Gasteiger partial charge on any atom is -0.459 e. The van der Waals surface area contributed by atoms with Crippen molar-refractivity contribution in [3.05, 3.63) is 35.9 Å². The van der Waals surface area contributed by atoms with Crippen LogP contribution in [-0.2, 0) is 4.79 Å². The fraction of sp³-hybridized carbons (Fsp3) is 0.471. The topological polar surface area (TPSA) is 89.6 Å². The molecule has 1 fully saturated rings. The van der Waals surface area contributed by atoms with Gasteiger partial charge in [0.15, 0.2) is 5.76 Å². The Hall–Kier alpha value is -2.75. The van der Waals surface area contributed by atoms with E-state index in [1.807, 2.05) is 31.7 Å². The van der Waals surface area contributed by atoms with Crippen LogP contribution < -0.4 is 5.32 Å². The molecule has 0 radical (unpaired) electrons. The van der Waals surface area contributed by atoms with Crippen LogP contribution >= 0.6 is 0 Å². The van der Waals surface area contributed by atoms with E-state index in [0.717, 1.165) is 0 Å². The van der Waals surface area contributed by atoms with Crippen LogP contribution in [0.25, 0.3) is 0 Å². The summed E-state index contributed by atoms with van der Waals surface area (Å²) in [5.74, 6) is -0.213. The first-order valence-electron chi connectivity index (χ1n) is 7.81. The number of hydrogen-bond donors (Lipinski definition) is 1. The minimum atomic E-state index is -0.402. The van der Waals surface area contributed by atoms with Crippen LogP contribution in [-0.4, -0.2) is 53.3 Å². The van der Waals surface area contributed by atoms with Crippen molar-refractivity contribution in [3.63, 3.8) is 0 Å². The third kappa shape index (κ3) is 4.62. The first-order chi connectivity index (χ1) is 11.3. The summed E-state index contributed by atoms with van der Waals surface area (Å²) >= 11 is 0. The average molecular weight is 330 g/mol. The molecule has 1 saturated heterocycles. The van der Waals surface area contributed by atoms with Crippen molar-refractivity contribution >= 4 is 11.8 Å². The number of amides is 2. The van der Waals surface area contributed by atoms with Crippen molar-refractivity contribution in [2.75, 3.05) is 26.2 Å². The third-order valence-electron chi connectivity index (χ3n) is 3.50. The number of nitriles is 1. The van der Waals surface area contributed by atoms with Gasteiger partial charge in [-0.3, -0.25) is 9.59 Å². The van der Waals surface area contributed by atoms with Crippen molar-refractivity contribution in [1.82, 2.24) is 15.1 Å². The Kier molecular flexibility index (Phi) is 5.29. The van der Waals surface area contributed by atoms with Gasteiger partial charge in [-0.1, -0.05) is 0 Å². The molecular weight excluding hydrogens is 308 g/mol. The van der Waals surface area contributed by atoms with Crippen LogP contribution in [0.2, 0.25) is 0 Å². The number of furan rings is 1. The number of nitrogens with zero attached hydrogens (tertiary/aromatic N) is 3. The Balaban J connectivity index is 1.94. The molecule has 0 saturated carbocycles. The van der Waals surface area contributed by atoms with Gasteiger partial charge in [0.25, 0.3) is 11.8 Å². The molecule has 1 aromatic heterocycles. The first-order valence-corrected chi connectivity index (χ1v) is 7.81. The summed E-state index contributed by atoms with van der Waals surface area (Å²) in [5, 5.41) is 12.0. The van der Waals surface area contributed by atoms with E-state index in [-0.39, 0.29) is 17.4 Å². The highest BCUT2D eigenvalue weighted by Gasteiger charge is 2.24. The molecule has 2 rings (SSSR count). The molecule has 2 heterocycles. The smallest absolute Gasteiger partial charge is 0.289 e. The number of carbonyl (C=O) groups is 2. The Bertz CT molecular complexity index is 657. The highest BCUT2D eigenvalue weighted by Crippen LogP contribution is 2.11. The van der Waals surface area contributed by atoms with E-state index in [2.05, 4.69) is 5.32 Å². The molecule has 0 spiro atoms. The molecule has 7 nitrogen and oxygen atoms in total. The van der Waals surface area contributed by atoms with Crippen LogP contribution in [0, 0.1) is 11.3 Å². The van der Waals surface area contributed by atoms with Crippen molar-refractivity contribution < 1.29 is 14.0 Å². The molecule has 0 aliphatic carbocycles. The molecule has 0 aromatic carbocycles. The molecule has 128 valence electrons. The van der Waals surface area contributed by atoms with Gasteiger partial charge in [-0.2, -0.15) is 5.26 Å². The lowest BCUT2D eigenvalue weighted by atomic mass is 10.1. The molecule has 1 N–H and O–H groups in total. The van der Waals surface area contributed by atoms with Gasteiger partial charge in [0.1, 0.15) is 11.6 Å². The number of nitrogens with one attached hydrogen (secondary N) is 1. The second-order valence-corrected chi connectivity index (χ2v) is 6.66. The Morgan fingerprint density at radius 2 is 1.96 bits per heavy atom. The Morgan fingerprint density at radius 3 is 2.46 bits per heavy atom. The highest BCUT2D eigenvalue weighted by atomic mass is 16.3. The molecule has 1 aliphatic heterocycles. The Morgan fingerprint density at radius 1 is 1.29 bits per heavy atom. The normalized spacial score (nSPS) is 15.8. The van der Waals surface area contributed by atoms with Crippen molar-refractivity contribution in [3.8, 4) is 6.07 Å². The molecule has 1 aromatic rings. The van der Waals surface area contributed by atoms with Gasteiger partial charge >= 0.3 is 0 Å². The van der Waals surface area contributed by atoms with E-state index in [9.17, 15) is 14.9 Å². The molecule has 7 heteroatoms. The standard InChI is InChI=1S/C17H22N4O3/c1-17(2,3)19-15(22)13(11-18)12-20-6-8-21(9-7-20)16(23)14-5-4-10-24-14/h4-5,10,12H,6-9H2,1-3H3,(H,19,22)/b13-12-. The number of piperazine rings is 1. The summed E-state index contributed by atoms with van der Waals surface area (Å²) in [6.07, 6.45) is 3.04. The maximum absolute atomic E-state index is 12.2. The van der Waals surface area contributed by atoms with Crippen molar-refractivity contribution in [1.29, 1.82) is 5.26 Å². The lowest BCUT2D eigenvalue weighted by Gasteiger charge is -2.33. The molecule has 2 amide bonds. The number of hydrogen-bond acceptors (Lipinski definition) is 5. The monoisotopic (exact) mass is 330 g/mol. The summed E-state index contributed by atoms with van der Waals surface area (Å²) in [6.45, 7) is 7.71. The molecular formula is C17H22N4O3. The van der Waals surface area contributed by atoms with Gasteiger partial charge in [0.05, 0.1) is 6.26 Å². The molecule has 24 heavy (non-hydrogen) atoms. The van der Waals surface area contributed by atoms with E-state index in [1.165, 1.54) is 6.26 Å². The van der Waals surface area contributed by atoms with Gasteiger partial charge < -0.3 is 19.5 Å². The summed E-state index contributed by atoms with van der Waals surface area (Å²) in [6, 6.07) is 5.26. The zero-order chi connectivity index (χ0) is 17.7. The summed E-state index contributed by atoms with van der Waals surface area (Å²) in [5.41, 5.74) is -0.336. The lowest BCUT2D eigenvalue weighted by molar-refractivity contribution is -0.118. The van der Waals surface area contributed by atoms with E-state index in [0.29, 0.717) is 31.9 Å². The van der Waals surface area contributed by atoms with Crippen LogP contribution in [0.1, 0.15) is 31.3 Å². The summed E-state index contributed by atoms with van der Waals surface area (Å²) in [7, 11) is 0. The zero-order valence-electron chi connectivity index (χ0n) is 14.2. The maximum atomic E-state index is 12.2. The molecule has 0 bridgehead atoms. The predicted molar refractivity (Wildman–Crippen MR) is 87.8 cm³/mol. The SMILES string of the molecule is CC(C)(C)NC(=O)/C(C#N)=C\N1CCN(C(=O)c2ccco2)CC1. The maximum Gasteiger partial charge on any atom is 0.289 e. The van der Waals surface area contributed by atoms with E-state index in [4.69, 9.17) is 4.42 Å². The average Bonchev–Trinajstić information content (AvgIpc) is 3.05. The number of rotatable bonds is 3. The largest absolute Gasteiger partial charge is 0.459 e. The van der Waals surface area contributed by atoms with Gasteiger partial charge in [0.2, 0.25) is 0 Å². The number of carbonyl (C=O) groups excluding carboxylic acids is 2. The van der Waals surface area contributed by atoms with Crippen LogP contribution in [0.5, 0.6) is 0 Å². The summed E-state index contributed by atoms with van der Waals surface area (Å²) < 4.78 is 5.12. The minimum absolute atomic E-state index is 0.0655. The van der Waals surface area contributed by atoms with Gasteiger partial charge in [-0.15, -0.1) is 0 Å². The van der Waals surface area contributed by atoms with E-state index >= 15 is 0 Å². The zero-order valence-corrected chi connectivity index (χ0v) is 14.2. The molecule has 0 unspecified atom stereocenters. The van der Waals surface area contributed by atoms with Crippen LogP contribution in [0.15, 0.2) is 34.6 Å². The Labute approximate surface area is 141 Å². The third-order valence-corrected chi connectivity index (χ3v) is 3.50. The highest BCUT2D eigenvalue weighted by molar-refractivity contribution is 5.97. The van der Waals surface area contributed by atoms with E-state index < -0.39 is 5.54 Å². The lowest BCUT2D eigenvalue weighted by Crippen LogP contribution is -2.47. The van der Waals surface area contributed by atoms with Gasteiger partial charge in [0, 0.05) is 37.9 Å². The summed E-state index contributed by atoms with van der Waals surface area (Å²) in [4.78, 5) is 27.9. The van der Waals surface area contributed by atoms with Gasteiger partial charge in [-0.25, -0.2) is 0 Å². The molecule has 0 atom stereocenters. The van der Waals surface area contributed by atoms with Crippen molar-refractivity contribution in [2.24, 2.45) is 0 Å². The predicted octanol–water partition coefficient (Wildman–Crippen LogP) is 1.36. The van der Waals surface area contributed by atoms with Crippen LogP contribution in [0.3, 0.4) is 0 Å². The first kappa shape index (κ1) is 17.6. The van der Waals surface area contributed by atoms with Crippen molar-refractivity contribution in [2.45, 2.75) is 26.3 Å². The van der Waals surface area contributed by atoms with Crippen LogP contribution in [0.4, 0.5) is 0 Å². The second kappa shape index (κ2) is 7.21. The second-order valence-electron chi connectivity index (χ2n) is 6.66. The van der Waals surface area contributed by atoms with Gasteiger partial charge in [-0.05, 0) is 32.9 Å². The van der Waals surface area contributed by atoms with E-state index in [1.54, 1.807) is 23.2 Å².